The van der Waals surface area contributed by atoms with Crippen LogP contribution in [0.4, 0.5) is 0 Å². The number of furan rings is 1. The van der Waals surface area contributed by atoms with Crippen LogP contribution >= 0.6 is 0 Å². The molecule has 0 bridgehead atoms. The molecule has 1 aromatic rings. The van der Waals surface area contributed by atoms with E-state index >= 15 is 0 Å². The van der Waals surface area contributed by atoms with E-state index in [0.29, 0.717) is 0 Å². The first-order chi connectivity index (χ1) is 4.33. The van der Waals surface area contributed by atoms with Gasteiger partial charge >= 0.3 is 0 Å². The highest BCUT2D eigenvalue weighted by Gasteiger charge is 1.93. The van der Waals surface area contributed by atoms with Crippen molar-refractivity contribution in [3.05, 3.63) is 23.7 Å². The van der Waals surface area contributed by atoms with E-state index in [9.17, 15) is 0 Å². The van der Waals surface area contributed by atoms with Gasteiger partial charge in [-0.05, 0) is 25.5 Å². The number of aryl methyl sites for hydroxylation is 2. The molecule has 50 valence electrons. The lowest BCUT2D eigenvalue weighted by Crippen LogP contribution is -1.74. The molecule has 0 saturated heterocycles. The fraction of sp³-hybridized carbons (Fsp3) is 0.500. The van der Waals surface area contributed by atoms with Gasteiger partial charge in [0.1, 0.15) is 11.5 Å². The van der Waals surface area contributed by atoms with Crippen molar-refractivity contribution < 1.29 is 4.42 Å². The lowest BCUT2D eigenvalue weighted by Gasteiger charge is -1.87. The van der Waals surface area contributed by atoms with Gasteiger partial charge in [0.15, 0.2) is 0 Å². The summed E-state index contributed by atoms with van der Waals surface area (Å²) in [4.78, 5) is 0. The van der Waals surface area contributed by atoms with E-state index in [4.69, 9.17) is 4.42 Å². The van der Waals surface area contributed by atoms with Crippen LogP contribution in [0, 0.1) is 6.92 Å². The quantitative estimate of drug-likeness (QED) is 0.590. The Morgan fingerprint density at radius 2 is 2.22 bits per heavy atom. The molecule has 1 rings (SSSR count). The molecule has 1 nitrogen and oxygen atoms in total. The van der Waals surface area contributed by atoms with Crippen molar-refractivity contribution in [2.45, 2.75) is 26.7 Å². The third-order valence-corrected chi connectivity index (χ3v) is 1.29. The Labute approximate surface area is 55.7 Å². The van der Waals surface area contributed by atoms with Crippen LogP contribution in [-0.4, -0.2) is 0 Å². The van der Waals surface area contributed by atoms with Crippen LogP contribution in [0.15, 0.2) is 16.5 Å². The van der Waals surface area contributed by atoms with Crippen LogP contribution in [0.3, 0.4) is 0 Å². The summed E-state index contributed by atoms with van der Waals surface area (Å²) in [5.74, 6) is 2.12. The summed E-state index contributed by atoms with van der Waals surface area (Å²) in [5.41, 5.74) is 0. The van der Waals surface area contributed by atoms with Gasteiger partial charge in [-0.1, -0.05) is 6.92 Å². The molecule has 0 aliphatic rings. The minimum absolute atomic E-state index is 1.01. The Morgan fingerprint density at radius 3 is 2.67 bits per heavy atom. The summed E-state index contributed by atoms with van der Waals surface area (Å²) in [6, 6.07) is 4.05. The van der Waals surface area contributed by atoms with E-state index in [2.05, 4.69) is 6.92 Å². The highest BCUT2D eigenvalue weighted by Crippen LogP contribution is 2.07. The normalized spacial score (nSPS) is 10.0. The summed E-state index contributed by atoms with van der Waals surface area (Å²) in [7, 11) is 0. The fourth-order valence-electron chi connectivity index (χ4n) is 0.866. The Kier molecular flexibility index (Phi) is 1.93. The first-order valence-corrected chi connectivity index (χ1v) is 3.38. The van der Waals surface area contributed by atoms with Crippen LogP contribution in [0.5, 0.6) is 0 Å². The Hall–Kier alpha value is -0.720. The molecule has 0 amide bonds. The second kappa shape index (κ2) is 2.72. The molecule has 0 fully saturated rings. The number of hydrogen-bond acceptors (Lipinski definition) is 1. The van der Waals surface area contributed by atoms with Crippen molar-refractivity contribution in [1.29, 1.82) is 0 Å². The summed E-state index contributed by atoms with van der Waals surface area (Å²) in [6.45, 7) is 4.12. The summed E-state index contributed by atoms with van der Waals surface area (Å²) in [5, 5.41) is 0. The van der Waals surface area contributed by atoms with E-state index < -0.39 is 0 Å². The van der Waals surface area contributed by atoms with Gasteiger partial charge in [0.05, 0.1) is 0 Å². The van der Waals surface area contributed by atoms with Crippen LogP contribution < -0.4 is 0 Å². The van der Waals surface area contributed by atoms with Crippen LogP contribution in [0.2, 0.25) is 0 Å². The maximum absolute atomic E-state index is 5.32. The standard InChI is InChI=1S/C8H12O/c1-3-4-8-6-5-7(2)9-8/h5-6H,3-4H2,1-2H3. The van der Waals surface area contributed by atoms with Gasteiger partial charge in [0.2, 0.25) is 0 Å². The van der Waals surface area contributed by atoms with Gasteiger partial charge in [-0.2, -0.15) is 0 Å². The third-order valence-electron chi connectivity index (χ3n) is 1.29. The molecule has 0 aliphatic heterocycles. The Bertz CT molecular complexity index is 176. The predicted octanol–water partition coefficient (Wildman–Crippen LogP) is 2.54. The SMILES string of the molecule is CCCc1ccc(C)o1. The minimum Gasteiger partial charge on any atom is -0.466 e. The van der Waals surface area contributed by atoms with E-state index in [0.717, 1.165) is 24.4 Å². The molecule has 1 heteroatoms. The molecule has 1 heterocycles. The minimum atomic E-state index is 1.01. The largest absolute Gasteiger partial charge is 0.466 e. The van der Waals surface area contributed by atoms with E-state index in [1.165, 1.54) is 0 Å². The van der Waals surface area contributed by atoms with Crippen molar-refractivity contribution in [2.75, 3.05) is 0 Å². The second-order valence-corrected chi connectivity index (χ2v) is 2.26. The lowest BCUT2D eigenvalue weighted by molar-refractivity contribution is 0.480. The average Bonchev–Trinajstić information content (AvgIpc) is 2.17. The first kappa shape index (κ1) is 6.40. The van der Waals surface area contributed by atoms with E-state index in [1.807, 2.05) is 19.1 Å². The van der Waals surface area contributed by atoms with Crippen LogP contribution in [0.1, 0.15) is 24.9 Å². The van der Waals surface area contributed by atoms with Crippen LogP contribution in [-0.2, 0) is 6.42 Å². The maximum atomic E-state index is 5.32. The zero-order chi connectivity index (χ0) is 6.69. The molecule has 0 spiro atoms. The van der Waals surface area contributed by atoms with E-state index in [1.54, 1.807) is 0 Å². The van der Waals surface area contributed by atoms with Gasteiger partial charge in [-0.3, -0.25) is 0 Å². The number of hydrogen-bond donors (Lipinski definition) is 0. The predicted molar refractivity (Wildman–Crippen MR) is 37.4 cm³/mol. The molecule has 0 radical (unpaired) electrons. The maximum Gasteiger partial charge on any atom is 0.104 e. The lowest BCUT2D eigenvalue weighted by atomic mass is 10.3. The van der Waals surface area contributed by atoms with Crippen molar-refractivity contribution in [1.82, 2.24) is 0 Å². The molecule has 0 atom stereocenters. The Balaban J connectivity index is 2.61. The van der Waals surface area contributed by atoms with Crippen molar-refractivity contribution >= 4 is 0 Å². The highest BCUT2D eigenvalue weighted by molar-refractivity contribution is 5.05. The zero-order valence-corrected chi connectivity index (χ0v) is 5.98. The topological polar surface area (TPSA) is 13.1 Å². The van der Waals surface area contributed by atoms with Crippen molar-refractivity contribution in [3.8, 4) is 0 Å². The van der Waals surface area contributed by atoms with Gasteiger partial charge in [-0.15, -0.1) is 0 Å². The monoisotopic (exact) mass is 124 g/mol. The molecule has 0 aromatic carbocycles. The molecule has 9 heavy (non-hydrogen) atoms. The molecular weight excluding hydrogens is 112 g/mol. The number of rotatable bonds is 2. The summed E-state index contributed by atoms with van der Waals surface area (Å²) < 4.78 is 5.32. The molecule has 0 N–H and O–H groups in total. The molecule has 0 saturated carbocycles. The summed E-state index contributed by atoms with van der Waals surface area (Å²) >= 11 is 0. The van der Waals surface area contributed by atoms with Crippen molar-refractivity contribution in [3.63, 3.8) is 0 Å². The van der Waals surface area contributed by atoms with E-state index in [-0.39, 0.29) is 0 Å². The van der Waals surface area contributed by atoms with Gasteiger partial charge in [-0.25, -0.2) is 0 Å². The Morgan fingerprint density at radius 1 is 1.44 bits per heavy atom. The fourth-order valence-corrected chi connectivity index (χ4v) is 0.866. The van der Waals surface area contributed by atoms with Gasteiger partial charge in [0, 0.05) is 6.42 Å². The highest BCUT2D eigenvalue weighted by atomic mass is 16.3. The summed E-state index contributed by atoms with van der Waals surface area (Å²) in [6.07, 6.45) is 2.22. The average molecular weight is 124 g/mol. The first-order valence-electron chi connectivity index (χ1n) is 3.38. The van der Waals surface area contributed by atoms with Crippen LogP contribution in [0.25, 0.3) is 0 Å². The third kappa shape index (κ3) is 1.60. The molecular formula is C8H12O. The molecule has 0 unspecified atom stereocenters. The smallest absolute Gasteiger partial charge is 0.104 e. The molecule has 0 aliphatic carbocycles. The second-order valence-electron chi connectivity index (χ2n) is 2.26. The van der Waals surface area contributed by atoms with Gasteiger partial charge < -0.3 is 4.42 Å². The molecule has 1 aromatic heterocycles. The van der Waals surface area contributed by atoms with Gasteiger partial charge in [0.25, 0.3) is 0 Å². The zero-order valence-electron chi connectivity index (χ0n) is 5.98. The van der Waals surface area contributed by atoms with Crippen molar-refractivity contribution in [2.24, 2.45) is 0 Å².